The van der Waals surface area contributed by atoms with Crippen molar-refractivity contribution in [1.82, 2.24) is 4.98 Å². The van der Waals surface area contributed by atoms with Crippen LogP contribution < -0.4 is 16.2 Å². The van der Waals surface area contributed by atoms with Crippen LogP contribution in [0.2, 0.25) is 0 Å². The number of ether oxygens (including phenoxy) is 1. The number of hydrogen-bond acceptors (Lipinski definition) is 4. The van der Waals surface area contributed by atoms with E-state index >= 15 is 0 Å². The Hall–Kier alpha value is -1.83. The number of pyridine rings is 1. The smallest absolute Gasteiger partial charge is 0.433 e. The molecule has 1 amide bonds. The van der Waals surface area contributed by atoms with Crippen LogP contribution in [0.5, 0.6) is 5.88 Å². The zero-order valence-electron chi connectivity index (χ0n) is 11.1. The van der Waals surface area contributed by atoms with E-state index in [0.29, 0.717) is 12.5 Å². The number of halogens is 3. The average Bonchev–Trinajstić information content (AvgIpc) is 2.35. The number of rotatable bonds is 5. The third kappa shape index (κ3) is 4.09. The highest BCUT2D eigenvalue weighted by molar-refractivity contribution is 5.95. The lowest BCUT2D eigenvalue weighted by molar-refractivity contribution is -0.141. The highest BCUT2D eigenvalue weighted by atomic mass is 19.4. The van der Waals surface area contributed by atoms with Gasteiger partial charge in [-0.2, -0.15) is 13.2 Å². The maximum Gasteiger partial charge on any atom is 0.433 e. The van der Waals surface area contributed by atoms with Gasteiger partial charge in [-0.3, -0.25) is 4.79 Å². The summed E-state index contributed by atoms with van der Waals surface area (Å²) in [6.07, 6.45) is -4.09. The molecule has 1 heterocycles. The van der Waals surface area contributed by atoms with Gasteiger partial charge in [-0.15, -0.1) is 0 Å². The number of nitrogens with zero attached hydrogens (tertiary/aromatic N) is 1. The monoisotopic (exact) mass is 291 g/mol. The van der Waals surface area contributed by atoms with Gasteiger partial charge in [-0.05, 0) is 25.5 Å². The minimum absolute atomic E-state index is 0.0852. The summed E-state index contributed by atoms with van der Waals surface area (Å²) in [6, 6.07) is 1.61. The summed E-state index contributed by atoms with van der Waals surface area (Å²) in [4.78, 5) is 14.5. The Labute approximate surface area is 114 Å². The molecule has 1 aromatic rings. The first-order valence-corrected chi connectivity index (χ1v) is 5.86. The fraction of sp³-hybridized carbons (Fsp3) is 0.500. The highest BCUT2D eigenvalue weighted by Crippen LogP contribution is 2.30. The molecule has 0 fully saturated rings. The molecule has 0 aliphatic carbocycles. The van der Waals surface area contributed by atoms with Crippen LogP contribution in [0.25, 0.3) is 0 Å². The molecule has 1 aromatic heterocycles. The fourth-order valence-electron chi connectivity index (χ4n) is 1.23. The second-order valence-electron chi connectivity index (χ2n) is 4.71. The lowest BCUT2D eigenvalue weighted by Gasteiger charge is -2.23. The third-order valence-corrected chi connectivity index (χ3v) is 2.76. The Balaban J connectivity index is 3.10. The molecule has 1 atom stereocenters. The molecule has 4 N–H and O–H groups in total. The maximum absolute atomic E-state index is 12.6. The van der Waals surface area contributed by atoms with E-state index in [1.54, 1.807) is 13.8 Å². The number of amides is 1. The summed E-state index contributed by atoms with van der Waals surface area (Å²) in [7, 11) is 0. The minimum Gasteiger partial charge on any atom is -0.475 e. The summed E-state index contributed by atoms with van der Waals surface area (Å²) in [5, 5.41) is 0. The van der Waals surface area contributed by atoms with Crippen LogP contribution >= 0.6 is 0 Å². The van der Waals surface area contributed by atoms with Crippen LogP contribution in [-0.2, 0) is 6.18 Å². The second kappa shape index (κ2) is 5.66. The molecular formula is C12H16F3N3O2. The number of hydrogen-bond donors (Lipinski definition) is 2. The van der Waals surface area contributed by atoms with Gasteiger partial charge >= 0.3 is 6.18 Å². The zero-order chi connectivity index (χ0) is 15.6. The van der Waals surface area contributed by atoms with Crippen LogP contribution in [0.15, 0.2) is 12.1 Å². The van der Waals surface area contributed by atoms with Crippen molar-refractivity contribution in [2.75, 3.05) is 6.61 Å². The van der Waals surface area contributed by atoms with E-state index in [4.69, 9.17) is 16.2 Å². The standard InChI is InChI=1S/C12H16F3N3O2/c1-3-11(2,17)6-20-10-7(9(16)19)4-5-8(18-10)12(13,14)15/h4-5H,3,6,17H2,1-2H3,(H2,16,19). The SMILES string of the molecule is CCC(C)(N)COc1nc(C(F)(F)F)ccc1C(N)=O. The van der Waals surface area contributed by atoms with Crippen molar-refractivity contribution in [1.29, 1.82) is 0 Å². The molecule has 0 aliphatic heterocycles. The van der Waals surface area contributed by atoms with Crippen molar-refractivity contribution in [3.63, 3.8) is 0 Å². The van der Waals surface area contributed by atoms with Crippen LogP contribution in [-0.4, -0.2) is 23.0 Å². The Morgan fingerprint density at radius 3 is 2.45 bits per heavy atom. The molecule has 0 aromatic carbocycles. The van der Waals surface area contributed by atoms with Crippen molar-refractivity contribution >= 4 is 5.91 Å². The third-order valence-electron chi connectivity index (χ3n) is 2.76. The molecule has 20 heavy (non-hydrogen) atoms. The quantitative estimate of drug-likeness (QED) is 0.864. The molecule has 0 saturated heterocycles. The van der Waals surface area contributed by atoms with Crippen molar-refractivity contribution < 1.29 is 22.7 Å². The summed E-state index contributed by atoms with van der Waals surface area (Å²) in [6.45, 7) is 3.39. The van der Waals surface area contributed by atoms with E-state index in [0.717, 1.165) is 6.07 Å². The van der Waals surface area contributed by atoms with Crippen LogP contribution in [0.4, 0.5) is 13.2 Å². The Kier molecular flexibility index (Phi) is 4.59. The maximum atomic E-state index is 12.6. The zero-order valence-corrected chi connectivity index (χ0v) is 11.1. The molecule has 1 rings (SSSR count). The first-order chi connectivity index (χ1) is 9.07. The molecular weight excluding hydrogens is 275 g/mol. The number of aromatic nitrogens is 1. The number of nitrogens with two attached hydrogens (primary N) is 2. The molecule has 112 valence electrons. The molecule has 5 nitrogen and oxygen atoms in total. The summed E-state index contributed by atoms with van der Waals surface area (Å²) >= 11 is 0. The Morgan fingerprint density at radius 1 is 1.40 bits per heavy atom. The van der Waals surface area contributed by atoms with Gasteiger partial charge in [0, 0.05) is 5.54 Å². The van der Waals surface area contributed by atoms with Gasteiger partial charge in [0.15, 0.2) is 0 Å². The van der Waals surface area contributed by atoms with Crippen molar-refractivity contribution in [2.24, 2.45) is 11.5 Å². The minimum atomic E-state index is -4.63. The van der Waals surface area contributed by atoms with Crippen molar-refractivity contribution in [2.45, 2.75) is 32.0 Å². The van der Waals surface area contributed by atoms with Gasteiger partial charge < -0.3 is 16.2 Å². The Morgan fingerprint density at radius 2 is 2.00 bits per heavy atom. The van der Waals surface area contributed by atoms with Gasteiger partial charge in [0.1, 0.15) is 17.9 Å². The number of primary amides is 1. The van der Waals surface area contributed by atoms with Crippen molar-refractivity contribution in [3.8, 4) is 5.88 Å². The molecule has 0 bridgehead atoms. The van der Waals surface area contributed by atoms with E-state index < -0.39 is 29.2 Å². The van der Waals surface area contributed by atoms with Crippen LogP contribution in [0.1, 0.15) is 36.3 Å². The van der Waals surface area contributed by atoms with E-state index in [2.05, 4.69) is 4.98 Å². The molecule has 0 spiro atoms. The number of carbonyl (C=O) groups excluding carboxylic acids is 1. The summed E-state index contributed by atoms with van der Waals surface area (Å²) in [5.41, 5.74) is 8.77. The highest BCUT2D eigenvalue weighted by Gasteiger charge is 2.34. The molecule has 0 aliphatic rings. The second-order valence-corrected chi connectivity index (χ2v) is 4.71. The fourth-order valence-corrected chi connectivity index (χ4v) is 1.23. The number of alkyl halides is 3. The number of carbonyl (C=O) groups is 1. The van der Waals surface area contributed by atoms with Crippen LogP contribution in [0, 0.1) is 0 Å². The van der Waals surface area contributed by atoms with E-state index in [1.165, 1.54) is 0 Å². The van der Waals surface area contributed by atoms with Gasteiger partial charge in [0.05, 0.1) is 0 Å². The van der Waals surface area contributed by atoms with Gasteiger partial charge in [0.25, 0.3) is 5.91 Å². The Bertz CT molecular complexity index is 501. The van der Waals surface area contributed by atoms with Crippen molar-refractivity contribution in [3.05, 3.63) is 23.4 Å². The van der Waals surface area contributed by atoms with E-state index in [1.807, 2.05) is 0 Å². The van der Waals surface area contributed by atoms with E-state index in [9.17, 15) is 18.0 Å². The predicted octanol–water partition coefficient (Wildman–Crippen LogP) is 1.71. The first kappa shape index (κ1) is 16.2. The van der Waals surface area contributed by atoms with Crippen LogP contribution in [0.3, 0.4) is 0 Å². The lowest BCUT2D eigenvalue weighted by Crippen LogP contribution is -2.42. The predicted molar refractivity (Wildman–Crippen MR) is 66.1 cm³/mol. The van der Waals surface area contributed by atoms with E-state index in [-0.39, 0.29) is 12.2 Å². The van der Waals surface area contributed by atoms with Gasteiger partial charge in [-0.1, -0.05) is 6.92 Å². The largest absolute Gasteiger partial charge is 0.475 e. The topological polar surface area (TPSA) is 91.2 Å². The molecule has 0 saturated carbocycles. The molecule has 1 unspecified atom stereocenters. The van der Waals surface area contributed by atoms with Gasteiger partial charge in [0.2, 0.25) is 5.88 Å². The molecule has 0 radical (unpaired) electrons. The first-order valence-electron chi connectivity index (χ1n) is 5.86. The molecule has 8 heteroatoms. The average molecular weight is 291 g/mol. The normalized spacial score (nSPS) is 14.7. The lowest BCUT2D eigenvalue weighted by atomic mass is 10.0. The summed E-state index contributed by atoms with van der Waals surface area (Å²) in [5.74, 6) is -1.38. The van der Waals surface area contributed by atoms with Gasteiger partial charge in [-0.25, -0.2) is 4.98 Å². The summed E-state index contributed by atoms with van der Waals surface area (Å²) < 4.78 is 42.9.